The molecule has 2 N–H and O–H groups in total. The molecule has 3 heteroatoms. The van der Waals surface area contributed by atoms with Crippen molar-refractivity contribution in [2.45, 2.75) is 56.6 Å². The zero-order chi connectivity index (χ0) is 22.3. The van der Waals surface area contributed by atoms with E-state index in [4.69, 9.17) is 0 Å². The summed E-state index contributed by atoms with van der Waals surface area (Å²) in [5.74, 6) is 0. The van der Waals surface area contributed by atoms with Gasteiger partial charge in [0.15, 0.2) is 0 Å². The molecule has 2 aliphatic carbocycles. The minimum atomic E-state index is -0.807. The van der Waals surface area contributed by atoms with E-state index >= 15 is 0 Å². The van der Waals surface area contributed by atoms with E-state index in [1.54, 1.807) is 0 Å². The summed E-state index contributed by atoms with van der Waals surface area (Å²) in [7, 11) is 0. The first kappa shape index (κ1) is 21.5. The zero-order valence-corrected chi connectivity index (χ0v) is 20.3. The highest BCUT2D eigenvalue weighted by atomic mass is 79.9. The molecule has 0 unspecified atom stereocenters. The van der Waals surface area contributed by atoms with Crippen molar-refractivity contribution >= 4 is 15.9 Å². The van der Waals surface area contributed by atoms with Gasteiger partial charge in [0, 0.05) is 21.6 Å². The average Bonchev–Trinajstić information content (AvgIpc) is 2.79. The molecule has 3 atom stereocenters. The number of allylic oxidation sites excluding steroid dienone is 1. The first-order valence-electron chi connectivity index (χ1n) is 11.5. The minimum absolute atomic E-state index is 0.155. The van der Waals surface area contributed by atoms with Gasteiger partial charge in [0.1, 0.15) is 0 Å². The van der Waals surface area contributed by atoms with Crippen molar-refractivity contribution in [1.82, 2.24) is 5.32 Å². The minimum Gasteiger partial charge on any atom is -0.386 e. The summed E-state index contributed by atoms with van der Waals surface area (Å²) in [5.41, 5.74) is 6.70. The number of hydrogen-bond acceptors (Lipinski definition) is 2. The van der Waals surface area contributed by atoms with E-state index in [9.17, 15) is 5.11 Å². The maximum atomic E-state index is 11.5. The highest BCUT2D eigenvalue weighted by molar-refractivity contribution is 9.10. The fraction of sp³-hybridized carbons (Fsp3) is 0.310. The van der Waals surface area contributed by atoms with Gasteiger partial charge in [-0.25, -0.2) is 0 Å². The number of benzene rings is 3. The Morgan fingerprint density at radius 3 is 2.38 bits per heavy atom. The van der Waals surface area contributed by atoms with Crippen LogP contribution in [-0.4, -0.2) is 10.7 Å². The van der Waals surface area contributed by atoms with Gasteiger partial charge in [0.05, 0.1) is 5.60 Å². The van der Waals surface area contributed by atoms with Crippen molar-refractivity contribution in [3.63, 3.8) is 0 Å². The summed E-state index contributed by atoms with van der Waals surface area (Å²) >= 11 is 3.68. The van der Waals surface area contributed by atoms with Gasteiger partial charge in [-0.2, -0.15) is 0 Å². The number of hydrogen-bond donors (Lipinski definition) is 2. The molecule has 0 radical (unpaired) electrons. The molecule has 0 fully saturated rings. The van der Waals surface area contributed by atoms with Crippen LogP contribution < -0.4 is 5.32 Å². The fourth-order valence-electron chi connectivity index (χ4n) is 5.69. The van der Waals surface area contributed by atoms with Gasteiger partial charge in [-0.3, -0.25) is 0 Å². The lowest BCUT2D eigenvalue weighted by molar-refractivity contribution is 0.0587. The molecule has 0 amide bonds. The molecule has 0 saturated heterocycles. The molecule has 164 valence electrons. The number of halogens is 1. The van der Waals surface area contributed by atoms with Gasteiger partial charge in [-0.15, -0.1) is 0 Å². The van der Waals surface area contributed by atoms with Gasteiger partial charge in [0.2, 0.25) is 0 Å². The summed E-state index contributed by atoms with van der Waals surface area (Å²) in [5, 5.41) is 15.4. The lowest BCUT2D eigenvalue weighted by atomic mass is 9.57. The molecule has 32 heavy (non-hydrogen) atoms. The number of nitrogens with one attached hydrogen (secondary N) is 1. The predicted octanol–water partition coefficient (Wildman–Crippen LogP) is 6.64. The van der Waals surface area contributed by atoms with Crippen LogP contribution in [0.4, 0.5) is 0 Å². The van der Waals surface area contributed by atoms with Crippen LogP contribution in [-0.2, 0) is 18.3 Å². The molecule has 3 aromatic rings. The monoisotopic (exact) mass is 487 g/mol. The molecule has 2 nitrogen and oxygen atoms in total. The van der Waals surface area contributed by atoms with Crippen molar-refractivity contribution in [2.75, 3.05) is 0 Å². The number of fused-ring (bicyclic) bond motifs is 3. The summed E-state index contributed by atoms with van der Waals surface area (Å²) in [6.07, 6.45) is 3.39. The molecular formula is C29H30BrNO. The maximum absolute atomic E-state index is 11.5. The Morgan fingerprint density at radius 1 is 0.969 bits per heavy atom. The van der Waals surface area contributed by atoms with Gasteiger partial charge in [-0.05, 0) is 79.5 Å². The third kappa shape index (κ3) is 3.72. The largest absolute Gasteiger partial charge is 0.386 e. The Labute approximate surface area is 199 Å². The Balaban J connectivity index is 1.68. The lowest BCUT2D eigenvalue weighted by Gasteiger charge is -2.51. The Hall–Kier alpha value is -2.36. The van der Waals surface area contributed by atoms with E-state index < -0.39 is 5.60 Å². The second-order valence-corrected chi connectivity index (χ2v) is 10.5. The van der Waals surface area contributed by atoms with E-state index in [1.807, 2.05) is 6.92 Å². The average molecular weight is 488 g/mol. The smallest absolute Gasteiger partial charge is 0.0852 e. The van der Waals surface area contributed by atoms with Crippen molar-refractivity contribution in [2.24, 2.45) is 0 Å². The summed E-state index contributed by atoms with van der Waals surface area (Å²) in [4.78, 5) is 0. The molecule has 0 aliphatic heterocycles. The van der Waals surface area contributed by atoms with Gasteiger partial charge in [0.25, 0.3) is 0 Å². The van der Waals surface area contributed by atoms with Crippen LogP contribution in [0.2, 0.25) is 0 Å². The van der Waals surface area contributed by atoms with Crippen LogP contribution in [0.5, 0.6) is 0 Å². The van der Waals surface area contributed by atoms with Crippen LogP contribution in [0.25, 0.3) is 0 Å². The quantitative estimate of drug-likeness (QED) is 0.422. The normalized spacial score (nSPS) is 25.2. The molecule has 2 bridgehead atoms. The van der Waals surface area contributed by atoms with E-state index in [2.05, 4.69) is 107 Å². The topological polar surface area (TPSA) is 32.3 Å². The van der Waals surface area contributed by atoms with Crippen molar-refractivity contribution in [3.05, 3.63) is 117 Å². The second-order valence-electron chi connectivity index (χ2n) is 9.63. The molecular weight excluding hydrogens is 458 g/mol. The van der Waals surface area contributed by atoms with E-state index in [0.717, 1.165) is 35.7 Å². The lowest BCUT2D eigenvalue weighted by Crippen LogP contribution is -2.51. The molecule has 0 spiro atoms. The Kier molecular flexibility index (Phi) is 5.51. The Bertz CT molecular complexity index is 1150. The highest BCUT2D eigenvalue weighted by Gasteiger charge is 2.50. The standard InChI is InChI=1S/C29H30BrNO/c1-20(22-11-7-4-8-12-22)31-27-26-18-23-17-24(30)13-14-25(23)29(27,16-15-28(26,2)32)19-21-9-5-3-6-10-21/h3-14,17,20,31-32H,15-16,18-19H2,1-2H3/t20-,28+,29+/m0/s1. The van der Waals surface area contributed by atoms with Crippen LogP contribution in [0, 0.1) is 0 Å². The van der Waals surface area contributed by atoms with E-state index in [0.29, 0.717) is 0 Å². The summed E-state index contributed by atoms with van der Waals surface area (Å²) in [6, 6.07) is 28.3. The van der Waals surface area contributed by atoms with Gasteiger partial charge >= 0.3 is 0 Å². The van der Waals surface area contributed by atoms with Crippen LogP contribution in [0.3, 0.4) is 0 Å². The van der Waals surface area contributed by atoms with Crippen molar-refractivity contribution < 1.29 is 5.11 Å². The predicted molar refractivity (Wildman–Crippen MR) is 135 cm³/mol. The molecule has 0 heterocycles. The van der Waals surface area contributed by atoms with Crippen LogP contribution >= 0.6 is 15.9 Å². The first-order chi connectivity index (χ1) is 15.4. The maximum Gasteiger partial charge on any atom is 0.0852 e. The van der Waals surface area contributed by atoms with Crippen molar-refractivity contribution in [3.8, 4) is 0 Å². The van der Waals surface area contributed by atoms with Crippen LogP contribution in [0.15, 0.2) is 94.6 Å². The molecule has 0 aromatic heterocycles. The van der Waals surface area contributed by atoms with E-state index in [-0.39, 0.29) is 11.5 Å². The SMILES string of the molecule is C[C@H](NC1=C2Cc3cc(Br)ccc3[C@]1(Cc1ccccc1)CC[C@@]2(C)O)c1ccccc1. The zero-order valence-electron chi connectivity index (χ0n) is 18.7. The fourth-order valence-corrected chi connectivity index (χ4v) is 6.10. The molecule has 5 rings (SSSR count). The van der Waals surface area contributed by atoms with Crippen molar-refractivity contribution in [1.29, 1.82) is 0 Å². The van der Waals surface area contributed by atoms with Crippen LogP contribution in [0.1, 0.15) is 55.0 Å². The summed E-state index contributed by atoms with van der Waals surface area (Å²) in [6.45, 7) is 4.22. The summed E-state index contributed by atoms with van der Waals surface area (Å²) < 4.78 is 1.10. The van der Waals surface area contributed by atoms with Gasteiger partial charge < -0.3 is 10.4 Å². The van der Waals surface area contributed by atoms with Gasteiger partial charge in [-0.1, -0.05) is 82.7 Å². The molecule has 2 aliphatic rings. The second kappa shape index (κ2) is 8.20. The highest BCUT2D eigenvalue weighted by Crippen LogP contribution is 2.53. The molecule has 3 aromatic carbocycles. The first-order valence-corrected chi connectivity index (χ1v) is 12.3. The number of aliphatic hydroxyl groups is 1. The number of rotatable bonds is 5. The van der Waals surface area contributed by atoms with E-state index in [1.165, 1.54) is 28.0 Å². The third-order valence-electron chi connectivity index (χ3n) is 7.43. The third-order valence-corrected chi connectivity index (χ3v) is 7.92. The Morgan fingerprint density at radius 2 is 1.66 bits per heavy atom. The molecule has 0 saturated carbocycles.